The molecule has 0 spiro atoms. The van der Waals surface area contributed by atoms with Gasteiger partial charge < -0.3 is 4.74 Å². The summed E-state index contributed by atoms with van der Waals surface area (Å²) in [5.74, 6) is 7.78. The Balaban J connectivity index is 1.85. The van der Waals surface area contributed by atoms with Gasteiger partial charge in [0.1, 0.15) is 23.5 Å². The predicted molar refractivity (Wildman–Crippen MR) is 103 cm³/mol. The Morgan fingerprint density at radius 2 is 2.07 bits per heavy atom. The highest BCUT2D eigenvalue weighted by molar-refractivity contribution is 5.70. The average Bonchev–Trinajstić information content (AvgIpc) is 2.68. The van der Waals surface area contributed by atoms with Crippen LogP contribution in [-0.2, 0) is 11.2 Å². The van der Waals surface area contributed by atoms with Crippen LogP contribution in [0.4, 0.5) is 5.69 Å². The number of allylic oxidation sites excluding steroid dienone is 5. The van der Waals surface area contributed by atoms with E-state index in [-0.39, 0.29) is 5.57 Å². The molecule has 0 bridgehead atoms. The average molecular weight is 352 g/mol. The van der Waals surface area contributed by atoms with Gasteiger partial charge in [-0.1, -0.05) is 18.1 Å². The smallest absolute Gasteiger partial charge is 0.188 e. The molecule has 0 saturated carbocycles. The highest BCUT2D eigenvalue weighted by Gasteiger charge is 2.44. The molecule has 1 unspecified atom stereocenters. The number of ether oxygens (including phenoxy) is 1. The molecule has 0 saturated heterocycles. The van der Waals surface area contributed by atoms with Crippen molar-refractivity contribution < 1.29 is 4.74 Å². The topological polar surface area (TPSA) is 56.8 Å². The van der Waals surface area contributed by atoms with E-state index >= 15 is 0 Å². The van der Waals surface area contributed by atoms with E-state index in [2.05, 4.69) is 36.6 Å². The third-order valence-corrected chi connectivity index (χ3v) is 5.34. The summed E-state index contributed by atoms with van der Waals surface area (Å²) in [6.45, 7) is 7.77. The largest absolute Gasteiger partial charge is 0.456 e. The number of nitrogens with zero attached hydrogens (tertiary/aromatic N) is 3. The lowest BCUT2D eigenvalue weighted by atomic mass is 9.91. The molecule has 4 heteroatoms. The minimum atomic E-state index is 0.0705. The maximum atomic E-state index is 9.24. The molecular formula is C23H18N3O+. The quantitative estimate of drug-likeness (QED) is 0.459. The van der Waals surface area contributed by atoms with Crippen LogP contribution in [0.3, 0.4) is 0 Å². The van der Waals surface area contributed by atoms with Crippen LogP contribution in [0.1, 0.15) is 24.5 Å². The van der Waals surface area contributed by atoms with Crippen molar-refractivity contribution in [2.45, 2.75) is 19.8 Å². The maximum absolute atomic E-state index is 9.24. The standard InChI is InChI=1S/C23H18N3O/c1-16-12-20(21(14-24)15-25)13-22(27-16)17(2)26-10-4-8-18-6-3-7-19(23(18)26)9-5-11-26/h3,6-7,12-13H,2,4,8,10-11H2,1H3/q+1. The number of para-hydroxylation sites is 1. The molecule has 3 aliphatic heterocycles. The highest BCUT2D eigenvalue weighted by Crippen LogP contribution is 2.43. The fraction of sp³-hybridized carbons (Fsp3) is 0.217. The van der Waals surface area contributed by atoms with Crippen LogP contribution in [-0.4, -0.2) is 13.1 Å². The third kappa shape index (κ3) is 2.58. The summed E-state index contributed by atoms with van der Waals surface area (Å²) in [4.78, 5) is 0. The molecule has 0 N–H and O–H groups in total. The number of benzene rings is 1. The zero-order valence-corrected chi connectivity index (χ0v) is 15.2. The van der Waals surface area contributed by atoms with E-state index in [1.54, 1.807) is 12.2 Å². The number of hydrogen-bond donors (Lipinski definition) is 0. The Bertz CT molecular complexity index is 1090. The summed E-state index contributed by atoms with van der Waals surface area (Å²) in [6.07, 6.45) is 5.55. The van der Waals surface area contributed by atoms with E-state index in [9.17, 15) is 10.5 Å². The van der Waals surface area contributed by atoms with E-state index in [1.807, 2.05) is 19.1 Å². The van der Waals surface area contributed by atoms with E-state index in [0.717, 1.165) is 30.6 Å². The van der Waals surface area contributed by atoms with Gasteiger partial charge in [0, 0.05) is 17.6 Å². The van der Waals surface area contributed by atoms with Gasteiger partial charge in [-0.15, -0.1) is 0 Å². The maximum Gasteiger partial charge on any atom is 0.188 e. The summed E-state index contributed by atoms with van der Waals surface area (Å²) in [6, 6.07) is 10.2. The van der Waals surface area contributed by atoms with Crippen molar-refractivity contribution in [1.29, 1.82) is 10.5 Å². The molecule has 130 valence electrons. The Labute approximate surface area is 159 Å². The van der Waals surface area contributed by atoms with Crippen LogP contribution >= 0.6 is 0 Å². The van der Waals surface area contributed by atoms with Gasteiger partial charge in [0.2, 0.25) is 0 Å². The molecule has 1 atom stereocenters. The van der Waals surface area contributed by atoms with Gasteiger partial charge in [-0.05, 0) is 44.1 Å². The minimum Gasteiger partial charge on any atom is -0.456 e. The molecule has 0 radical (unpaired) electrons. The summed E-state index contributed by atoms with van der Waals surface area (Å²) in [5.41, 5.74) is 5.03. The van der Waals surface area contributed by atoms with Crippen molar-refractivity contribution >= 4 is 5.69 Å². The molecule has 0 fully saturated rings. The summed E-state index contributed by atoms with van der Waals surface area (Å²) >= 11 is 0. The fourth-order valence-corrected chi connectivity index (χ4v) is 4.13. The predicted octanol–water partition coefficient (Wildman–Crippen LogP) is 3.98. The number of rotatable bonds is 2. The molecule has 27 heavy (non-hydrogen) atoms. The van der Waals surface area contributed by atoms with Crippen molar-refractivity contribution in [1.82, 2.24) is 4.48 Å². The number of quaternary nitrogens is 1. The summed E-state index contributed by atoms with van der Waals surface area (Å²) in [7, 11) is 0. The van der Waals surface area contributed by atoms with Gasteiger partial charge in [-0.3, -0.25) is 0 Å². The molecule has 4 nitrogen and oxygen atoms in total. The van der Waals surface area contributed by atoms with E-state index < -0.39 is 0 Å². The third-order valence-electron chi connectivity index (χ3n) is 5.34. The first-order valence-corrected chi connectivity index (χ1v) is 8.89. The van der Waals surface area contributed by atoms with Crippen LogP contribution in [0.15, 0.2) is 65.3 Å². The minimum absolute atomic E-state index is 0.0705. The monoisotopic (exact) mass is 352 g/mol. The number of nitriles is 2. The van der Waals surface area contributed by atoms with Gasteiger partial charge in [0.25, 0.3) is 0 Å². The summed E-state index contributed by atoms with van der Waals surface area (Å²) < 4.78 is 6.54. The number of aryl methyl sites for hydroxylation is 1. The molecule has 0 aromatic heterocycles. The van der Waals surface area contributed by atoms with E-state index in [0.29, 0.717) is 28.1 Å². The Kier molecular flexibility index (Phi) is 3.97. The molecule has 3 heterocycles. The second kappa shape index (κ2) is 6.33. The lowest BCUT2D eigenvalue weighted by molar-refractivity contribution is 0.265. The van der Waals surface area contributed by atoms with Crippen LogP contribution in [0.2, 0.25) is 0 Å². The first-order valence-electron chi connectivity index (χ1n) is 8.89. The SMILES string of the molecule is C=C(C1=CC(=C(C#N)C#N)C=C(C)O1)[N+]12CC#Cc3cccc(c31)CCC2. The Morgan fingerprint density at radius 1 is 1.26 bits per heavy atom. The van der Waals surface area contributed by atoms with Crippen LogP contribution in [0, 0.1) is 34.5 Å². The zero-order chi connectivity index (χ0) is 19.0. The van der Waals surface area contributed by atoms with Crippen LogP contribution in [0.5, 0.6) is 0 Å². The van der Waals surface area contributed by atoms with Crippen LogP contribution in [0.25, 0.3) is 0 Å². The first-order chi connectivity index (χ1) is 13.1. The summed E-state index contributed by atoms with van der Waals surface area (Å²) in [5, 5.41) is 18.5. The number of hydrogen-bond acceptors (Lipinski definition) is 3. The molecule has 1 aromatic carbocycles. The van der Waals surface area contributed by atoms with Gasteiger partial charge in [-0.2, -0.15) is 10.5 Å². The second-order valence-electron chi connectivity index (χ2n) is 6.93. The second-order valence-corrected chi connectivity index (χ2v) is 6.93. The molecule has 0 aliphatic carbocycles. The van der Waals surface area contributed by atoms with Gasteiger partial charge in [0.05, 0.1) is 12.1 Å². The fourth-order valence-electron chi connectivity index (χ4n) is 4.13. The normalized spacial score (nSPS) is 21.8. The van der Waals surface area contributed by atoms with Gasteiger partial charge >= 0.3 is 0 Å². The van der Waals surface area contributed by atoms with Crippen molar-refractivity contribution in [3.63, 3.8) is 0 Å². The van der Waals surface area contributed by atoms with E-state index in [4.69, 9.17) is 4.74 Å². The lowest BCUT2D eigenvalue weighted by Crippen LogP contribution is -2.53. The van der Waals surface area contributed by atoms with Gasteiger partial charge in [-0.25, -0.2) is 4.48 Å². The van der Waals surface area contributed by atoms with Crippen molar-refractivity contribution in [3.05, 3.63) is 76.4 Å². The zero-order valence-electron chi connectivity index (χ0n) is 15.2. The Hall–Kier alpha value is -3.52. The van der Waals surface area contributed by atoms with Crippen molar-refractivity contribution in [3.8, 4) is 24.0 Å². The first kappa shape index (κ1) is 16.9. The van der Waals surface area contributed by atoms with Crippen molar-refractivity contribution in [2.24, 2.45) is 0 Å². The van der Waals surface area contributed by atoms with E-state index in [1.165, 1.54) is 11.3 Å². The molecule has 0 amide bonds. The van der Waals surface area contributed by atoms with Gasteiger partial charge in [0.15, 0.2) is 23.7 Å². The Morgan fingerprint density at radius 3 is 2.85 bits per heavy atom. The molecule has 4 rings (SSSR count). The molecular weight excluding hydrogens is 334 g/mol. The van der Waals surface area contributed by atoms with Crippen LogP contribution < -0.4 is 4.48 Å². The molecule has 1 aromatic rings. The molecule has 3 aliphatic rings. The highest BCUT2D eigenvalue weighted by atomic mass is 16.5. The lowest BCUT2D eigenvalue weighted by Gasteiger charge is -2.43. The van der Waals surface area contributed by atoms with Crippen molar-refractivity contribution in [2.75, 3.05) is 13.1 Å².